The van der Waals surface area contributed by atoms with E-state index >= 15 is 0 Å². The minimum atomic E-state index is -0.957. The number of hydrogen-bond acceptors (Lipinski definition) is 3. The number of nitrogens with zero attached hydrogens (tertiary/aromatic N) is 4. The summed E-state index contributed by atoms with van der Waals surface area (Å²) in [5, 5.41) is 10.5. The largest absolute Gasteiger partial charge is 0.465 e. The highest BCUT2D eigenvalue weighted by atomic mass is 35.5. The van der Waals surface area contributed by atoms with E-state index < -0.39 is 6.09 Å². The molecule has 2 aromatic heterocycles. The maximum Gasteiger partial charge on any atom is 0.407 e. The quantitative estimate of drug-likeness (QED) is 0.695. The molecule has 3 aromatic rings. The molecule has 7 nitrogen and oxygen atoms in total. The first-order valence-corrected chi connectivity index (χ1v) is 9.73. The zero-order chi connectivity index (χ0) is 20.7. The second kappa shape index (κ2) is 7.40. The van der Waals surface area contributed by atoms with E-state index in [4.69, 9.17) is 21.7 Å². The van der Waals surface area contributed by atoms with Gasteiger partial charge < -0.3 is 19.5 Å². The van der Waals surface area contributed by atoms with E-state index in [-0.39, 0.29) is 11.9 Å². The fraction of sp³-hybridized carbons (Fsp3) is 0.286. The number of rotatable bonds is 2. The van der Waals surface area contributed by atoms with E-state index in [9.17, 15) is 9.59 Å². The molecule has 150 valence electrons. The Kier molecular flexibility index (Phi) is 4.92. The molecule has 3 heterocycles. The van der Waals surface area contributed by atoms with Gasteiger partial charge in [-0.1, -0.05) is 17.7 Å². The number of carboxylic acid groups (broad SMARTS) is 1. The Hall–Kier alpha value is -3.06. The summed E-state index contributed by atoms with van der Waals surface area (Å²) in [5.41, 5.74) is 2.86. The van der Waals surface area contributed by atoms with Crippen LogP contribution in [0.3, 0.4) is 0 Å². The lowest BCUT2D eigenvalue weighted by atomic mass is 10.1. The average Bonchev–Trinajstić information content (AvgIpc) is 3.13. The van der Waals surface area contributed by atoms with Crippen molar-refractivity contribution in [1.82, 2.24) is 19.4 Å². The van der Waals surface area contributed by atoms with Crippen LogP contribution in [0.2, 0.25) is 5.02 Å². The van der Waals surface area contributed by atoms with Crippen LogP contribution in [-0.2, 0) is 7.05 Å². The fourth-order valence-electron chi connectivity index (χ4n) is 3.72. The highest BCUT2D eigenvalue weighted by Gasteiger charge is 2.30. The van der Waals surface area contributed by atoms with Gasteiger partial charge in [-0.2, -0.15) is 0 Å². The first-order valence-electron chi connectivity index (χ1n) is 9.35. The summed E-state index contributed by atoms with van der Waals surface area (Å²) in [7, 11) is 1.94. The van der Waals surface area contributed by atoms with E-state index in [1.807, 2.05) is 49.1 Å². The molecule has 1 aliphatic heterocycles. The SMILES string of the molecule is C[C@H]1CN(C(=O)O)CCN1C(=O)c1ccc2c(Cl)cc(-c3ccn(C)c3)nc2c1. The molecule has 0 aliphatic carbocycles. The molecular weight excluding hydrogens is 392 g/mol. The number of pyridine rings is 1. The number of aryl methyl sites for hydroxylation is 1. The number of aromatic nitrogens is 2. The summed E-state index contributed by atoms with van der Waals surface area (Å²) in [6.45, 7) is 2.83. The van der Waals surface area contributed by atoms with Crippen LogP contribution in [0.25, 0.3) is 22.2 Å². The summed E-state index contributed by atoms with van der Waals surface area (Å²) in [5.74, 6) is -0.132. The molecule has 0 radical (unpaired) electrons. The molecule has 29 heavy (non-hydrogen) atoms. The van der Waals surface area contributed by atoms with Crippen LogP contribution < -0.4 is 0 Å². The first kappa shape index (κ1) is 19.3. The van der Waals surface area contributed by atoms with Crippen LogP contribution in [0.5, 0.6) is 0 Å². The molecule has 0 saturated carbocycles. The van der Waals surface area contributed by atoms with Crippen LogP contribution in [0.1, 0.15) is 17.3 Å². The lowest BCUT2D eigenvalue weighted by Gasteiger charge is -2.38. The van der Waals surface area contributed by atoms with Crippen LogP contribution in [0, 0.1) is 0 Å². The van der Waals surface area contributed by atoms with E-state index in [1.165, 1.54) is 4.90 Å². The molecule has 8 heteroatoms. The molecule has 1 saturated heterocycles. The Bertz CT molecular complexity index is 1110. The van der Waals surface area contributed by atoms with Gasteiger partial charge in [-0.25, -0.2) is 9.78 Å². The number of carbonyl (C=O) groups excluding carboxylic acids is 1. The zero-order valence-electron chi connectivity index (χ0n) is 16.2. The van der Waals surface area contributed by atoms with Crippen molar-refractivity contribution in [1.29, 1.82) is 0 Å². The summed E-state index contributed by atoms with van der Waals surface area (Å²) in [4.78, 5) is 32.0. The molecule has 0 bridgehead atoms. The molecule has 4 rings (SSSR count). The summed E-state index contributed by atoms with van der Waals surface area (Å²) >= 11 is 6.47. The van der Waals surface area contributed by atoms with Gasteiger partial charge in [-0.15, -0.1) is 0 Å². The van der Waals surface area contributed by atoms with Crippen LogP contribution in [0.15, 0.2) is 42.7 Å². The number of carbonyl (C=O) groups is 2. The van der Waals surface area contributed by atoms with Gasteiger partial charge in [-0.05, 0) is 31.2 Å². The second-order valence-electron chi connectivity index (χ2n) is 7.36. The third kappa shape index (κ3) is 3.65. The second-order valence-corrected chi connectivity index (χ2v) is 7.77. The molecule has 1 atom stereocenters. The van der Waals surface area contributed by atoms with Gasteiger partial charge in [0.2, 0.25) is 0 Å². The molecule has 2 amide bonds. The molecule has 1 aromatic carbocycles. The van der Waals surface area contributed by atoms with E-state index in [2.05, 4.69) is 0 Å². The molecule has 0 unspecified atom stereocenters. The van der Waals surface area contributed by atoms with Crippen molar-refractivity contribution in [2.24, 2.45) is 7.05 Å². The van der Waals surface area contributed by atoms with Crippen molar-refractivity contribution in [3.8, 4) is 11.3 Å². The van der Waals surface area contributed by atoms with Gasteiger partial charge in [0.25, 0.3) is 5.91 Å². The monoisotopic (exact) mass is 412 g/mol. The van der Waals surface area contributed by atoms with Gasteiger partial charge in [0, 0.05) is 61.6 Å². The Morgan fingerprint density at radius 3 is 2.66 bits per heavy atom. The fourth-order valence-corrected chi connectivity index (χ4v) is 3.98. The normalized spacial score (nSPS) is 17.0. The van der Waals surface area contributed by atoms with Gasteiger partial charge in [0.1, 0.15) is 0 Å². The lowest BCUT2D eigenvalue weighted by Crippen LogP contribution is -2.55. The Morgan fingerprint density at radius 2 is 2.00 bits per heavy atom. The van der Waals surface area contributed by atoms with Gasteiger partial charge in [0.05, 0.1) is 16.2 Å². The average molecular weight is 413 g/mol. The Morgan fingerprint density at radius 1 is 1.21 bits per heavy atom. The summed E-state index contributed by atoms with van der Waals surface area (Å²) in [6.07, 6.45) is 2.94. The van der Waals surface area contributed by atoms with Crippen molar-refractivity contribution in [3.05, 3.63) is 53.3 Å². The highest BCUT2D eigenvalue weighted by molar-refractivity contribution is 6.35. The van der Waals surface area contributed by atoms with Crippen molar-refractivity contribution < 1.29 is 14.7 Å². The summed E-state index contributed by atoms with van der Waals surface area (Å²) < 4.78 is 1.94. The maximum absolute atomic E-state index is 13.1. The van der Waals surface area contributed by atoms with Gasteiger partial charge >= 0.3 is 6.09 Å². The minimum absolute atomic E-state index is 0.132. The van der Waals surface area contributed by atoms with E-state index in [1.54, 1.807) is 17.0 Å². The van der Waals surface area contributed by atoms with Crippen LogP contribution in [-0.4, -0.2) is 62.1 Å². The maximum atomic E-state index is 13.1. The Balaban J connectivity index is 1.66. The van der Waals surface area contributed by atoms with Gasteiger partial charge in [-0.3, -0.25) is 4.79 Å². The zero-order valence-corrected chi connectivity index (χ0v) is 16.9. The minimum Gasteiger partial charge on any atom is -0.465 e. The number of piperazine rings is 1. The Labute approximate surface area is 173 Å². The lowest BCUT2D eigenvalue weighted by molar-refractivity contribution is 0.0484. The third-order valence-corrected chi connectivity index (χ3v) is 5.61. The van der Waals surface area contributed by atoms with Gasteiger partial charge in [0.15, 0.2) is 0 Å². The molecule has 1 N–H and O–H groups in total. The number of hydrogen-bond donors (Lipinski definition) is 1. The first-order chi connectivity index (χ1) is 13.8. The molecule has 1 fully saturated rings. The third-order valence-electron chi connectivity index (χ3n) is 5.29. The smallest absolute Gasteiger partial charge is 0.407 e. The van der Waals surface area contributed by atoms with Crippen molar-refractivity contribution in [3.63, 3.8) is 0 Å². The predicted octanol–water partition coefficient (Wildman–Crippen LogP) is 3.72. The molecule has 0 spiro atoms. The standard InChI is InChI=1S/C21H21ClN4O3/c1-13-11-25(21(28)29)7-8-26(13)20(27)14-3-4-16-17(22)10-18(23-19(16)9-14)15-5-6-24(2)12-15/h3-6,9-10,12-13H,7-8,11H2,1-2H3,(H,28,29)/t13-/m0/s1. The van der Waals surface area contributed by atoms with E-state index in [0.717, 1.165) is 16.6 Å². The van der Waals surface area contributed by atoms with Crippen molar-refractivity contribution in [2.75, 3.05) is 19.6 Å². The summed E-state index contributed by atoms with van der Waals surface area (Å²) in [6, 6.07) is 8.90. The number of halogens is 1. The van der Waals surface area contributed by atoms with Crippen molar-refractivity contribution in [2.45, 2.75) is 13.0 Å². The molecular formula is C21H21ClN4O3. The van der Waals surface area contributed by atoms with Crippen LogP contribution in [0.4, 0.5) is 4.79 Å². The van der Waals surface area contributed by atoms with E-state index in [0.29, 0.717) is 35.7 Å². The topological polar surface area (TPSA) is 78.7 Å². The van der Waals surface area contributed by atoms with Crippen LogP contribution >= 0.6 is 11.6 Å². The van der Waals surface area contributed by atoms with Crippen molar-refractivity contribution >= 4 is 34.5 Å². The predicted molar refractivity (Wildman–Crippen MR) is 111 cm³/mol. The number of benzene rings is 1. The number of amides is 2. The molecule has 1 aliphatic rings. The number of fused-ring (bicyclic) bond motifs is 1. The highest BCUT2D eigenvalue weighted by Crippen LogP contribution is 2.29.